The largest absolute Gasteiger partial charge is 0.388 e. The van der Waals surface area contributed by atoms with E-state index in [1.165, 1.54) is 40.7 Å². The minimum absolute atomic E-state index is 0.0880. The van der Waals surface area contributed by atoms with Crippen molar-refractivity contribution in [3.63, 3.8) is 0 Å². The van der Waals surface area contributed by atoms with E-state index >= 15 is 0 Å². The van der Waals surface area contributed by atoms with Gasteiger partial charge in [0.15, 0.2) is 0 Å². The van der Waals surface area contributed by atoms with Gasteiger partial charge in [0.05, 0.1) is 0 Å². The van der Waals surface area contributed by atoms with Crippen LogP contribution >= 0.6 is 0 Å². The predicted molar refractivity (Wildman–Crippen MR) is 143 cm³/mol. The minimum Gasteiger partial charge on any atom is -0.388 e. The molecular weight excluding hydrogens is 448 g/mol. The van der Waals surface area contributed by atoms with E-state index in [4.69, 9.17) is 5.41 Å². The molecule has 1 atom stereocenters. The van der Waals surface area contributed by atoms with Crippen LogP contribution in [0.3, 0.4) is 0 Å². The molecule has 6 rings (SSSR count). The summed E-state index contributed by atoms with van der Waals surface area (Å²) in [5, 5.41) is 16.6. The number of pyridine rings is 1. The van der Waals surface area contributed by atoms with Gasteiger partial charge in [0.1, 0.15) is 11.4 Å². The number of carbonyl (C=O) groups excluding carboxylic acids is 1. The lowest BCUT2D eigenvalue weighted by Gasteiger charge is -2.32. The second-order valence-corrected chi connectivity index (χ2v) is 10.6. The van der Waals surface area contributed by atoms with Crippen molar-refractivity contribution < 1.29 is 4.79 Å². The third-order valence-corrected chi connectivity index (χ3v) is 7.89. The first-order chi connectivity index (χ1) is 17.5. The Labute approximate surface area is 211 Å². The summed E-state index contributed by atoms with van der Waals surface area (Å²) in [7, 11) is 0. The van der Waals surface area contributed by atoms with Crippen molar-refractivity contribution in [3.05, 3.63) is 64.6 Å². The number of carbonyl (C=O) groups is 1. The van der Waals surface area contributed by atoms with Crippen LogP contribution in [0.25, 0.3) is 22.2 Å². The third kappa shape index (κ3) is 4.32. The molecule has 0 radical (unpaired) electrons. The topological polar surface area (TPSA) is 96.9 Å². The molecule has 3 aromatic rings. The number of aryl methyl sites for hydroxylation is 1. The molecule has 2 aliphatic heterocycles. The summed E-state index contributed by atoms with van der Waals surface area (Å²) in [5.41, 5.74) is 9.05. The van der Waals surface area contributed by atoms with Gasteiger partial charge in [-0.3, -0.25) is 10.2 Å². The summed E-state index contributed by atoms with van der Waals surface area (Å²) >= 11 is 0. The van der Waals surface area contributed by atoms with Crippen molar-refractivity contribution >= 4 is 22.7 Å². The number of aromatic amines is 1. The van der Waals surface area contributed by atoms with Gasteiger partial charge < -0.3 is 20.5 Å². The number of fused-ring (bicyclic) bond motifs is 2. The van der Waals surface area contributed by atoms with Gasteiger partial charge >= 0.3 is 0 Å². The van der Waals surface area contributed by atoms with Crippen LogP contribution in [0.5, 0.6) is 0 Å². The maximum Gasteiger partial charge on any atom is 0.272 e. The minimum atomic E-state index is -0.181. The number of aromatic nitrogens is 2. The van der Waals surface area contributed by atoms with Crippen LogP contribution in [0.15, 0.2) is 42.4 Å². The molecule has 186 valence electrons. The lowest BCUT2D eigenvalue weighted by molar-refractivity contribution is -0.125. The molecular formula is C29H34N6O. The van der Waals surface area contributed by atoms with Crippen LogP contribution in [0.2, 0.25) is 0 Å². The van der Waals surface area contributed by atoms with Crippen LogP contribution in [0, 0.1) is 12.3 Å². The number of nitrogens with one attached hydrogen (secondary N) is 4. The van der Waals surface area contributed by atoms with Gasteiger partial charge in [0.2, 0.25) is 0 Å². The summed E-state index contributed by atoms with van der Waals surface area (Å²) in [6.45, 7) is 6.16. The SMILES string of the molecule is C/C(=C/NC1CC1)C(=N)C(=O)N1CCc2cc(-c3cnc4[nH]cc(C)c4c3)cc(C3CCCN3)c2C1. The van der Waals surface area contributed by atoms with Crippen LogP contribution in [0.1, 0.15) is 60.9 Å². The Kier molecular flexibility index (Phi) is 5.88. The average molecular weight is 483 g/mol. The fourth-order valence-corrected chi connectivity index (χ4v) is 5.48. The molecule has 36 heavy (non-hydrogen) atoms. The van der Waals surface area contributed by atoms with Crippen molar-refractivity contribution in [1.29, 1.82) is 5.41 Å². The van der Waals surface area contributed by atoms with Gasteiger partial charge in [-0.05, 0) is 98.0 Å². The Morgan fingerprint density at radius 3 is 2.86 bits per heavy atom. The molecule has 1 saturated heterocycles. The maximum atomic E-state index is 13.3. The van der Waals surface area contributed by atoms with Crippen molar-refractivity contribution in [2.24, 2.45) is 0 Å². The molecule has 0 spiro atoms. The number of H-pyrrole nitrogens is 1. The van der Waals surface area contributed by atoms with E-state index in [9.17, 15) is 4.79 Å². The highest BCUT2D eigenvalue weighted by Gasteiger charge is 2.30. The number of rotatable bonds is 6. The zero-order chi connectivity index (χ0) is 24.8. The quantitative estimate of drug-likeness (QED) is 0.388. The number of amides is 1. The fourth-order valence-electron chi connectivity index (χ4n) is 5.48. The summed E-state index contributed by atoms with van der Waals surface area (Å²) < 4.78 is 0. The molecule has 7 nitrogen and oxygen atoms in total. The Bertz CT molecular complexity index is 1380. The monoisotopic (exact) mass is 482 g/mol. The van der Waals surface area contributed by atoms with E-state index < -0.39 is 0 Å². The molecule has 1 saturated carbocycles. The first-order valence-corrected chi connectivity index (χ1v) is 13.1. The van der Waals surface area contributed by atoms with Crippen molar-refractivity contribution in [1.82, 2.24) is 25.5 Å². The van der Waals surface area contributed by atoms with Crippen LogP contribution in [-0.2, 0) is 17.8 Å². The van der Waals surface area contributed by atoms with Gasteiger partial charge in [-0.15, -0.1) is 0 Å². The first-order valence-electron chi connectivity index (χ1n) is 13.1. The highest BCUT2D eigenvalue weighted by atomic mass is 16.2. The molecule has 1 amide bonds. The Balaban J connectivity index is 1.31. The predicted octanol–water partition coefficient (Wildman–Crippen LogP) is 4.52. The average Bonchev–Trinajstić information content (AvgIpc) is 3.43. The molecule has 0 bridgehead atoms. The van der Waals surface area contributed by atoms with Gasteiger partial charge in [-0.25, -0.2) is 4.98 Å². The maximum absolute atomic E-state index is 13.3. The highest BCUT2D eigenvalue weighted by molar-refractivity contribution is 6.43. The molecule has 1 aliphatic carbocycles. The molecule has 1 unspecified atom stereocenters. The Morgan fingerprint density at radius 2 is 2.08 bits per heavy atom. The standard InChI is InChI=1S/C29H34N6O/c1-17-13-33-28-23(17)12-21(15-34-28)20-10-19-7-9-35(16-25(19)24(11-20)26-4-3-8-31-26)29(36)27(30)18(2)14-32-22-5-6-22/h10-15,22,26,30-32H,3-9,16H2,1-2H3,(H,33,34)/b18-14-,30-27?. The normalized spacial score (nSPS) is 20.0. The van der Waals surface area contributed by atoms with Crippen LogP contribution in [0.4, 0.5) is 0 Å². The van der Waals surface area contributed by atoms with E-state index in [1.807, 2.05) is 30.4 Å². The van der Waals surface area contributed by atoms with Gasteiger partial charge in [0.25, 0.3) is 5.91 Å². The smallest absolute Gasteiger partial charge is 0.272 e. The summed E-state index contributed by atoms with van der Waals surface area (Å²) in [6.07, 6.45) is 11.2. The van der Waals surface area contributed by atoms with Gasteiger partial charge in [0, 0.05) is 54.7 Å². The zero-order valence-corrected chi connectivity index (χ0v) is 21.1. The summed E-state index contributed by atoms with van der Waals surface area (Å²) in [6, 6.07) is 7.63. The number of hydrogen-bond donors (Lipinski definition) is 4. The molecule has 2 aromatic heterocycles. The zero-order valence-electron chi connectivity index (χ0n) is 21.1. The van der Waals surface area contributed by atoms with Crippen molar-refractivity contribution in [2.75, 3.05) is 13.1 Å². The van der Waals surface area contributed by atoms with Gasteiger partial charge in [-0.1, -0.05) is 6.07 Å². The number of hydrogen-bond acceptors (Lipinski definition) is 5. The lowest BCUT2D eigenvalue weighted by atomic mass is 9.87. The van der Waals surface area contributed by atoms with E-state index in [0.29, 0.717) is 30.7 Å². The molecule has 1 aromatic carbocycles. The van der Waals surface area contributed by atoms with Crippen molar-refractivity contribution in [3.8, 4) is 11.1 Å². The molecule has 7 heteroatoms. The molecule has 2 fully saturated rings. The van der Waals surface area contributed by atoms with E-state index in [0.717, 1.165) is 42.4 Å². The Morgan fingerprint density at radius 1 is 1.22 bits per heavy atom. The second kappa shape index (κ2) is 9.21. The number of benzene rings is 1. The van der Waals surface area contributed by atoms with E-state index in [-0.39, 0.29) is 11.6 Å². The molecule has 4 N–H and O–H groups in total. The molecule has 3 aliphatic rings. The van der Waals surface area contributed by atoms with Crippen LogP contribution < -0.4 is 10.6 Å². The second-order valence-electron chi connectivity index (χ2n) is 10.6. The lowest BCUT2D eigenvalue weighted by Crippen LogP contribution is -2.41. The fraction of sp³-hybridized carbons (Fsp3) is 0.414. The molecule has 4 heterocycles. The number of nitrogens with zero attached hydrogens (tertiary/aromatic N) is 2. The van der Waals surface area contributed by atoms with Gasteiger partial charge in [-0.2, -0.15) is 0 Å². The summed E-state index contributed by atoms with van der Waals surface area (Å²) in [5.74, 6) is -0.181. The van der Waals surface area contributed by atoms with E-state index in [1.54, 1.807) is 0 Å². The first kappa shape index (κ1) is 23.0. The van der Waals surface area contributed by atoms with Crippen LogP contribution in [-0.4, -0.2) is 45.6 Å². The van der Waals surface area contributed by atoms with Crippen molar-refractivity contribution in [2.45, 2.75) is 64.6 Å². The third-order valence-electron chi connectivity index (χ3n) is 7.89. The summed E-state index contributed by atoms with van der Waals surface area (Å²) in [4.78, 5) is 23.0. The Hall–Kier alpha value is -3.45. The highest BCUT2D eigenvalue weighted by Crippen LogP contribution is 2.36. The van der Waals surface area contributed by atoms with E-state index in [2.05, 4.69) is 45.7 Å².